The first-order chi connectivity index (χ1) is 16.2. The highest BCUT2D eigenvalue weighted by Gasteiger charge is 2.39. The average Bonchev–Trinajstić information content (AvgIpc) is 3.04. The number of ether oxygens (including phenoxy) is 2. The molecule has 1 aliphatic heterocycles. The number of likely N-dealkylation sites (tertiary alicyclic amines) is 1. The summed E-state index contributed by atoms with van der Waals surface area (Å²) in [6.45, 7) is 5.80. The number of benzene rings is 2. The van der Waals surface area contributed by atoms with E-state index in [0.717, 1.165) is 37.8 Å². The molecular formula is C27H36N2O4. The van der Waals surface area contributed by atoms with Crippen molar-refractivity contribution in [3.8, 4) is 5.75 Å². The van der Waals surface area contributed by atoms with Crippen LogP contribution in [0.5, 0.6) is 5.75 Å². The Balaban J connectivity index is 1.93. The first kappa shape index (κ1) is 24.8. The number of nitrogens with zero attached hydrogens (tertiary/aromatic N) is 2. The molecule has 2 atom stereocenters. The fourth-order valence-corrected chi connectivity index (χ4v) is 4.16. The number of hydrogen-bond acceptors (Lipinski definition) is 4. The Kier molecular flexibility index (Phi) is 9.76. The van der Waals surface area contributed by atoms with Gasteiger partial charge in [-0.25, -0.2) is 0 Å². The molecule has 1 heterocycles. The molecule has 0 aromatic heterocycles. The quantitative estimate of drug-likeness (QED) is 0.363. The van der Waals surface area contributed by atoms with Crippen LogP contribution in [0.2, 0.25) is 0 Å². The van der Waals surface area contributed by atoms with E-state index in [1.165, 1.54) is 0 Å². The van der Waals surface area contributed by atoms with E-state index in [9.17, 15) is 9.59 Å². The van der Waals surface area contributed by atoms with Crippen molar-refractivity contribution < 1.29 is 19.1 Å². The van der Waals surface area contributed by atoms with Gasteiger partial charge in [0.1, 0.15) is 11.8 Å². The molecule has 1 aliphatic rings. The van der Waals surface area contributed by atoms with Crippen LogP contribution in [0.25, 0.3) is 0 Å². The van der Waals surface area contributed by atoms with Gasteiger partial charge in [0.05, 0.1) is 0 Å². The third-order valence-electron chi connectivity index (χ3n) is 5.97. The average molecular weight is 453 g/mol. The Labute approximate surface area is 197 Å². The Hall–Kier alpha value is -2.86. The van der Waals surface area contributed by atoms with E-state index in [0.29, 0.717) is 25.3 Å². The summed E-state index contributed by atoms with van der Waals surface area (Å²) in [6, 6.07) is 18.4. The van der Waals surface area contributed by atoms with Crippen molar-refractivity contribution in [2.75, 3.05) is 26.3 Å². The number of rotatable bonds is 11. The predicted molar refractivity (Wildman–Crippen MR) is 129 cm³/mol. The summed E-state index contributed by atoms with van der Waals surface area (Å²) < 4.78 is 12.1. The lowest BCUT2D eigenvalue weighted by Crippen LogP contribution is -2.53. The fraction of sp³-hybridized carbons (Fsp3) is 0.481. The fourth-order valence-electron chi connectivity index (χ4n) is 4.16. The van der Waals surface area contributed by atoms with Crippen LogP contribution in [0.1, 0.15) is 57.7 Å². The van der Waals surface area contributed by atoms with Crippen LogP contribution in [0.4, 0.5) is 0 Å². The van der Waals surface area contributed by atoms with Gasteiger partial charge in [0.15, 0.2) is 12.8 Å². The van der Waals surface area contributed by atoms with Crippen molar-refractivity contribution in [1.29, 1.82) is 0 Å². The molecule has 6 nitrogen and oxygen atoms in total. The van der Waals surface area contributed by atoms with E-state index in [2.05, 4.69) is 6.92 Å². The minimum absolute atomic E-state index is 0.0110. The zero-order chi connectivity index (χ0) is 23.5. The zero-order valence-corrected chi connectivity index (χ0v) is 19.8. The van der Waals surface area contributed by atoms with Crippen molar-refractivity contribution in [3.63, 3.8) is 0 Å². The molecule has 1 fully saturated rings. The lowest BCUT2D eigenvalue weighted by atomic mass is 10.1. The van der Waals surface area contributed by atoms with Crippen LogP contribution in [0.15, 0.2) is 60.7 Å². The molecule has 0 aliphatic carbocycles. The van der Waals surface area contributed by atoms with Gasteiger partial charge in [0.2, 0.25) is 5.91 Å². The maximum atomic E-state index is 13.7. The van der Waals surface area contributed by atoms with Gasteiger partial charge in [-0.3, -0.25) is 14.5 Å². The lowest BCUT2D eigenvalue weighted by Gasteiger charge is -2.38. The number of carbonyl (C=O) groups is 2. The number of likely N-dealkylation sites (N-methyl/N-ethyl adjacent to an activating group) is 1. The highest BCUT2D eigenvalue weighted by Crippen LogP contribution is 2.29. The molecule has 0 saturated carbocycles. The van der Waals surface area contributed by atoms with Crippen molar-refractivity contribution in [2.45, 2.75) is 58.2 Å². The smallest absolute Gasteiger partial charge is 0.263 e. The van der Waals surface area contributed by atoms with E-state index < -0.39 is 12.3 Å². The molecule has 0 bridgehead atoms. The first-order valence-electron chi connectivity index (χ1n) is 12.1. The van der Waals surface area contributed by atoms with Crippen molar-refractivity contribution in [2.24, 2.45) is 0 Å². The van der Waals surface area contributed by atoms with Gasteiger partial charge >= 0.3 is 0 Å². The number of carbonyl (C=O) groups excluding carboxylic acids is 2. The summed E-state index contributed by atoms with van der Waals surface area (Å²) in [5.41, 5.74) is 0.863. The number of para-hydroxylation sites is 1. The second-order valence-corrected chi connectivity index (χ2v) is 8.32. The molecule has 0 N–H and O–H groups in total. The van der Waals surface area contributed by atoms with Crippen LogP contribution in [0.3, 0.4) is 0 Å². The van der Waals surface area contributed by atoms with Crippen LogP contribution in [0, 0.1) is 0 Å². The third-order valence-corrected chi connectivity index (χ3v) is 5.97. The van der Waals surface area contributed by atoms with Gasteiger partial charge in [-0.1, -0.05) is 61.9 Å². The van der Waals surface area contributed by atoms with Gasteiger partial charge in [-0.15, -0.1) is 0 Å². The largest absolute Gasteiger partial charge is 0.484 e. The van der Waals surface area contributed by atoms with Gasteiger partial charge in [0.25, 0.3) is 5.91 Å². The molecule has 33 heavy (non-hydrogen) atoms. The maximum Gasteiger partial charge on any atom is 0.263 e. The highest BCUT2D eigenvalue weighted by atomic mass is 16.5. The molecule has 1 saturated heterocycles. The Morgan fingerprint density at radius 2 is 1.76 bits per heavy atom. The van der Waals surface area contributed by atoms with E-state index in [1.807, 2.05) is 72.5 Å². The molecule has 0 radical (unpaired) electrons. The Morgan fingerprint density at radius 1 is 1.06 bits per heavy atom. The molecule has 2 amide bonds. The van der Waals surface area contributed by atoms with Crippen molar-refractivity contribution >= 4 is 11.8 Å². The number of unbranched alkanes of at least 4 members (excludes halogenated alkanes) is 1. The van der Waals surface area contributed by atoms with Crippen LogP contribution in [-0.4, -0.2) is 54.0 Å². The van der Waals surface area contributed by atoms with E-state index >= 15 is 0 Å². The van der Waals surface area contributed by atoms with Crippen molar-refractivity contribution in [1.82, 2.24) is 9.80 Å². The standard InChI is InChI=1S/C27H36N2O4/c1-3-5-20-32-27(22-14-8-6-9-15-22)29(24-18-12-13-19-28(4-2)26(24)31)25(30)21-33-23-16-10-7-11-17-23/h6-11,14-17,24,27H,3-5,12-13,18-21H2,1-2H3/t24-,27?/m0/s1. The van der Waals surface area contributed by atoms with E-state index in [1.54, 1.807) is 4.90 Å². The summed E-state index contributed by atoms with van der Waals surface area (Å²) in [7, 11) is 0. The minimum atomic E-state index is -0.643. The maximum absolute atomic E-state index is 13.7. The molecule has 3 rings (SSSR count). The molecule has 2 aromatic rings. The van der Waals surface area contributed by atoms with Crippen molar-refractivity contribution in [3.05, 3.63) is 66.2 Å². The van der Waals surface area contributed by atoms with E-state index in [-0.39, 0.29) is 18.4 Å². The molecule has 178 valence electrons. The Morgan fingerprint density at radius 3 is 2.42 bits per heavy atom. The topological polar surface area (TPSA) is 59.1 Å². The lowest BCUT2D eigenvalue weighted by molar-refractivity contribution is -0.164. The second-order valence-electron chi connectivity index (χ2n) is 8.32. The molecule has 1 unspecified atom stereocenters. The summed E-state index contributed by atoms with van der Waals surface area (Å²) in [5, 5.41) is 0. The molecular weight excluding hydrogens is 416 g/mol. The highest BCUT2D eigenvalue weighted by molar-refractivity contribution is 5.88. The SMILES string of the molecule is CCCCOC(c1ccccc1)N(C(=O)COc1ccccc1)[C@H]1CCCCN(CC)C1=O. The Bertz CT molecular complexity index is 859. The van der Waals surface area contributed by atoms with Gasteiger partial charge in [-0.05, 0) is 44.7 Å². The summed E-state index contributed by atoms with van der Waals surface area (Å²) >= 11 is 0. The minimum Gasteiger partial charge on any atom is -0.484 e. The second kappa shape index (κ2) is 13.0. The molecule has 0 spiro atoms. The van der Waals surface area contributed by atoms with E-state index in [4.69, 9.17) is 9.47 Å². The van der Waals surface area contributed by atoms with Gasteiger partial charge < -0.3 is 14.4 Å². The third kappa shape index (κ3) is 6.81. The van der Waals surface area contributed by atoms with Crippen LogP contribution < -0.4 is 4.74 Å². The normalized spacial score (nSPS) is 17.3. The summed E-state index contributed by atoms with van der Waals surface area (Å²) in [5.74, 6) is 0.361. The summed E-state index contributed by atoms with van der Waals surface area (Å²) in [4.78, 5) is 30.7. The van der Waals surface area contributed by atoms with Crippen LogP contribution >= 0.6 is 0 Å². The molecule has 2 aromatic carbocycles. The monoisotopic (exact) mass is 452 g/mol. The molecule has 6 heteroatoms. The van der Waals surface area contributed by atoms with Crippen LogP contribution in [-0.2, 0) is 14.3 Å². The zero-order valence-electron chi connectivity index (χ0n) is 19.8. The summed E-state index contributed by atoms with van der Waals surface area (Å²) in [6.07, 6.45) is 3.66. The first-order valence-corrected chi connectivity index (χ1v) is 12.1. The van der Waals surface area contributed by atoms with Gasteiger partial charge in [-0.2, -0.15) is 0 Å². The predicted octanol–water partition coefficient (Wildman–Crippen LogP) is 4.81. The number of hydrogen-bond donors (Lipinski definition) is 0. The van der Waals surface area contributed by atoms with Gasteiger partial charge in [0, 0.05) is 25.3 Å². The number of amides is 2.